The Morgan fingerprint density at radius 3 is 2.83 bits per heavy atom. The zero-order chi connectivity index (χ0) is 16.7. The number of alkyl halides is 1. The van der Waals surface area contributed by atoms with Gasteiger partial charge in [0.05, 0.1) is 11.9 Å². The molecule has 0 bridgehead atoms. The number of aryl methyl sites for hydroxylation is 3. The third kappa shape index (κ3) is 2.47. The van der Waals surface area contributed by atoms with Crippen molar-refractivity contribution in [2.45, 2.75) is 39.2 Å². The lowest BCUT2D eigenvalue weighted by Gasteiger charge is -2.16. The van der Waals surface area contributed by atoms with Crippen LogP contribution in [-0.4, -0.2) is 16.2 Å². The molecule has 0 atom stereocenters. The van der Waals surface area contributed by atoms with E-state index in [4.69, 9.17) is 0 Å². The number of hydrogen-bond donors (Lipinski definition) is 0. The van der Waals surface area contributed by atoms with Crippen molar-refractivity contribution >= 4 is 21.6 Å². The molecule has 0 fully saturated rings. The molecule has 2 heterocycles. The molecular formula is C19H19FN2OS. The van der Waals surface area contributed by atoms with Crippen LogP contribution >= 0.6 is 11.3 Å². The monoisotopic (exact) mass is 342 g/mol. The number of rotatable bonds is 3. The Bertz CT molecular complexity index is 973. The zero-order valence-electron chi connectivity index (χ0n) is 13.6. The highest BCUT2D eigenvalue weighted by atomic mass is 32.1. The van der Waals surface area contributed by atoms with Crippen molar-refractivity contribution in [3.05, 3.63) is 50.9 Å². The number of thiophene rings is 1. The van der Waals surface area contributed by atoms with Crippen LogP contribution in [0.2, 0.25) is 0 Å². The maximum absolute atomic E-state index is 12.8. The molecule has 0 spiro atoms. The average molecular weight is 342 g/mol. The van der Waals surface area contributed by atoms with Gasteiger partial charge in [0.2, 0.25) is 0 Å². The molecule has 1 aliphatic rings. The molecule has 24 heavy (non-hydrogen) atoms. The minimum Gasteiger partial charge on any atom is -0.294 e. The second-order valence-corrected chi connectivity index (χ2v) is 7.18. The third-order valence-corrected chi connectivity index (χ3v) is 5.72. The molecule has 0 N–H and O–H groups in total. The van der Waals surface area contributed by atoms with Crippen LogP contribution in [0.4, 0.5) is 4.39 Å². The van der Waals surface area contributed by atoms with E-state index in [1.807, 2.05) is 5.38 Å². The van der Waals surface area contributed by atoms with E-state index in [0.29, 0.717) is 11.2 Å². The van der Waals surface area contributed by atoms with E-state index in [0.717, 1.165) is 28.8 Å². The summed E-state index contributed by atoms with van der Waals surface area (Å²) in [5.41, 5.74) is 4.67. The topological polar surface area (TPSA) is 34.9 Å². The van der Waals surface area contributed by atoms with Crippen LogP contribution in [0.5, 0.6) is 0 Å². The highest BCUT2D eigenvalue weighted by molar-refractivity contribution is 7.17. The summed E-state index contributed by atoms with van der Waals surface area (Å²) in [5.74, 6) is 0.573. The maximum Gasteiger partial charge on any atom is 0.262 e. The number of nitrogens with zero attached hydrogens (tertiary/aromatic N) is 2. The summed E-state index contributed by atoms with van der Waals surface area (Å²) in [6, 6.07) is 6.51. The fourth-order valence-corrected chi connectivity index (χ4v) is 4.57. The Hall–Kier alpha value is -2.01. The van der Waals surface area contributed by atoms with E-state index >= 15 is 0 Å². The zero-order valence-corrected chi connectivity index (χ0v) is 14.5. The van der Waals surface area contributed by atoms with Gasteiger partial charge >= 0.3 is 0 Å². The predicted molar refractivity (Wildman–Crippen MR) is 96.7 cm³/mol. The molecule has 0 saturated heterocycles. The van der Waals surface area contributed by atoms with Gasteiger partial charge in [0.15, 0.2) is 0 Å². The third-order valence-electron chi connectivity index (χ3n) is 4.85. The lowest BCUT2D eigenvalue weighted by molar-refractivity contribution is 0.435. The molecule has 0 unspecified atom stereocenters. The van der Waals surface area contributed by atoms with Gasteiger partial charge in [0.25, 0.3) is 5.56 Å². The number of halogens is 1. The Balaban J connectivity index is 1.91. The molecule has 0 amide bonds. The molecule has 1 aliphatic carbocycles. The molecule has 2 aromatic heterocycles. The van der Waals surface area contributed by atoms with Crippen molar-refractivity contribution in [2.75, 3.05) is 6.67 Å². The van der Waals surface area contributed by atoms with Crippen LogP contribution < -0.4 is 5.56 Å². The second-order valence-electron chi connectivity index (χ2n) is 6.32. The SMILES string of the molecule is Cc1nc2scc(-c3ccc4c(c3)CCCC4)c2c(=O)n1CCF. The van der Waals surface area contributed by atoms with Crippen molar-refractivity contribution < 1.29 is 4.39 Å². The highest BCUT2D eigenvalue weighted by Crippen LogP contribution is 2.33. The molecule has 3 nitrogen and oxygen atoms in total. The lowest BCUT2D eigenvalue weighted by Crippen LogP contribution is -2.24. The molecule has 0 radical (unpaired) electrons. The quantitative estimate of drug-likeness (QED) is 0.712. The number of hydrogen-bond acceptors (Lipinski definition) is 3. The van der Waals surface area contributed by atoms with E-state index in [2.05, 4.69) is 23.2 Å². The van der Waals surface area contributed by atoms with Crippen LogP contribution in [0.15, 0.2) is 28.4 Å². The molecular weight excluding hydrogens is 323 g/mol. The first-order chi connectivity index (χ1) is 11.7. The summed E-state index contributed by atoms with van der Waals surface area (Å²) >= 11 is 1.48. The van der Waals surface area contributed by atoms with E-state index < -0.39 is 6.67 Å². The van der Waals surface area contributed by atoms with Crippen molar-refractivity contribution in [3.8, 4) is 11.1 Å². The fraction of sp³-hybridized carbons (Fsp3) is 0.368. The van der Waals surface area contributed by atoms with Crippen molar-refractivity contribution in [3.63, 3.8) is 0 Å². The largest absolute Gasteiger partial charge is 0.294 e. The van der Waals surface area contributed by atoms with Crippen molar-refractivity contribution in [2.24, 2.45) is 0 Å². The second kappa shape index (κ2) is 6.13. The molecule has 1 aromatic carbocycles. The van der Waals surface area contributed by atoms with Gasteiger partial charge in [-0.15, -0.1) is 11.3 Å². The summed E-state index contributed by atoms with van der Waals surface area (Å²) in [4.78, 5) is 18.1. The van der Waals surface area contributed by atoms with Gasteiger partial charge in [-0.1, -0.05) is 18.2 Å². The van der Waals surface area contributed by atoms with E-state index in [1.165, 1.54) is 39.9 Å². The van der Waals surface area contributed by atoms with Crippen molar-refractivity contribution in [1.82, 2.24) is 9.55 Å². The maximum atomic E-state index is 12.8. The first kappa shape index (κ1) is 15.5. The number of benzene rings is 1. The van der Waals surface area contributed by atoms with Crippen LogP contribution in [0.3, 0.4) is 0 Å². The van der Waals surface area contributed by atoms with Gasteiger partial charge < -0.3 is 0 Å². The van der Waals surface area contributed by atoms with Gasteiger partial charge in [0.1, 0.15) is 17.3 Å². The standard InChI is InChI=1S/C19H19FN2OS/c1-12-21-18-17(19(23)22(12)9-8-20)16(11-24-18)15-7-6-13-4-2-3-5-14(13)10-15/h6-7,10-11H,2-5,8-9H2,1H3. The molecule has 4 rings (SSSR count). The molecule has 3 aromatic rings. The summed E-state index contributed by atoms with van der Waals surface area (Å²) in [7, 11) is 0. The lowest BCUT2D eigenvalue weighted by atomic mass is 9.89. The van der Waals surface area contributed by atoms with Gasteiger partial charge in [-0.05, 0) is 49.3 Å². The number of aromatic nitrogens is 2. The van der Waals surface area contributed by atoms with Crippen LogP contribution in [0.1, 0.15) is 29.8 Å². The molecule has 5 heteroatoms. The Labute approximate surface area is 143 Å². The van der Waals surface area contributed by atoms with Gasteiger partial charge in [-0.25, -0.2) is 9.37 Å². The van der Waals surface area contributed by atoms with Crippen LogP contribution in [-0.2, 0) is 19.4 Å². The predicted octanol–water partition coefficient (Wildman–Crippen LogP) is 4.28. The molecule has 124 valence electrons. The molecule has 0 aliphatic heterocycles. The Morgan fingerprint density at radius 2 is 2.04 bits per heavy atom. The van der Waals surface area contributed by atoms with Crippen LogP contribution in [0.25, 0.3) is 21.3 Å². The minimum atomic E-state index is -0.563. The van der Waals surface area contributed by atoms with Gasteiger partial charge in [-0.2, -0.15) is 0 Å². The van der Waals surface area contributed by atoms with E-state index in [9.17, 15) is 9.18 Å². The van der Waals surface area contributed by atoms with Gasteiger partial charge in [-0.3, -0.25) is 9.36 Å². The Morgan fingerprint density at radius 1 is 1.25 bits per heavy atom. The first-order valence-corrected chi connectivity index (χ1v) is 9.24. The summed E-state index contributed by atoms with van der Waals surface area (Å²) in [5, 5.41) is 2.62. The van der Waals surface area contributed by atoms with Gasteiger partial charge in [0, 0.05) is 10.9 Å². The average Bonchev–Trinajstić information content (AvgIpc) is 3.02. The molecule has 0 saturated carbocycles. The Kier molecular flexibility index (Phi) is 3.96. The van der Waals surface area contributed by atoms with Crippen molar-refractivity contribution in [1.29, 1.82) is 0 Å². The number of fused-ring (bicyclic) bond motifs is 2. The summed E-state index contributed by atoms with van der Waals surface area (Å²) in [6.07, 6.45) is 4.73. The first-order valence-electron chi connectivity index (χ1n) is 8.36. The van der Waals surface area contributed by atoms with Crippen LogP contribution in [0, 0.1) is 6.92 Å². The van der Waals surface area contributed by atoms with E-state index in [-0.39, 0.29) is 12.1 Å². The van der Waals surface area contributed by atoms with E-state index in [1.54, 1.807) is 6.92 Å². The fourth-order valence-electron chi connectivity index (χ4n) is 3.59. The summed E-state index contributed by atoms with van der Waals surface area (Å²) in [6.45, 7) is 1.26. The normalized spacial score (nSPS) is 14.1. The smallest absolute Gasteiger partial charge is 0.262 e. The highest BCUT2D eigenvalue weighted by Gasteiger charge is 2.17. The minimum absolute atomic E-state index is 0.0626. The summed E-state index contributed by atoms with van der Waals surface area (Å²) < 4.78 is 14.2.